The van der Waals surface area contributed by atoms with E-state index in [0.29, 0.717) is 30.2 Å². The fourth-order valence-corrected chi connectivity index (χ4v) is 1.76. The van der Waals surface area contributed by atoms with Crippen molar-refractivity contribution < 1.29 is 14.3 Å². The lowest BCUT2D eigenvalue weighted by atomic mass is 10.2. The normalized spacial score (nSPS) is 9.48. The molecule has 1 amide bonds. The minimum absolute atomic E-state index is 0. The molecule has 0 aliphatic rings. The molecule has 21 heavy (non-hydrogen) atoms. The topological polar surface area (TPSA) is 88.6 Å². The van der Waals surface area contributed by atoms with E-state index in [1.165, 1.54) is 7.11 Å². The smallest absolute Gasteiger partial charge is 0.260 e. The number of amides is 1. The van der Waals surface area contributed by atoms with Crippen molar-refractivity contribution in [1.82, 2.24) is 4.90 Å². The SMILES string of the molecule is CCN(CC)C(=O)COc1ccc(C(=N)N)cc1OC.Cl. The number of nitrogens with one attached hydrogen (secondary N) is 1. The van der Waals surface area contributed by atoms with Crippen molar-refractivity contribution in [3.8, 4) is 11.5 Å². The van der Waals surface area contributed by atoms with Gasteiger partial charge in [-0.05, 0) is 32.0 Å². The summed E-state index contributed by atoms with van der Waals surface area (Å²) in [5, 5.41) is 7.37. The summed E-state index contributed by atoms with van der Waals surface area (Å²) in [5.74, 6) is 0.782. The van der Waals surface area contributed by atoms with Crippen molar-refractivity contribution in [2.45, 2.75) is 13.8 Å². The molecule has 7 heteroatoms. The summed E-state index contributed by atoms with van der Waals surface area (Å²) in [4.78, 5) is 13.6. The van der Waals surface area contributed by atoms with Crippen molar-refractivity contribution in [2.24, 2.45) is 5.73 Å². The number of rotatable bonds is 7. The first-order valence-corrected chi connectivity index (χ1v) is 6.46. The Hall–Kier alpha value is -1.95. The molecule has 0 radical (unpaired) electrons. The first-order valence-electron chi connectivity index (χ1n) is 6.46. The number of benzene rings is 1. The number of ether oxygens (including phenoxy) is 2. The number of methoxy groups -OCH3 is 1. The van der Waals surface area contributed by atoms with Crippen LogP contribution >= 0.6 is 12.4 Å². The van der Waals surface area contributed by atoms with E-state index >= 15 is 0 Å². The lowest BCUT2D eigenvalue weighted by Crippen LogP contribution is -2.34. The van der Waals surface area contributed by atoms with Crippen molar-refractivity contribution >= 4 is 24.1 Å². The number of carbonyl (C=O) groups is 1. The predicted molar refractivity (Wildman–Crippen MR) is 84.7 cm³/mol. The molecule has 0 spiro atoms. The highest BCUT2D eigenvalue weighted by Crippen LogP contribution is 2.27. The van der Waals surface area contributed by atoms with E-state index in [9.17, 15) is 4.79 Å². The largest absolute Gasteiger partial charge is 0.493 e. The van der Waals surface area contributed by atoms with Gasteiger partial charge in [-0.2, -0.15) is 0 Å². The molecule has 1 aromatic rings. The first-order chi connectivity index (χ1) is 9.53. The van der Waals surface area contributed by atoms with Gasteiger partial charge in [0.05, 0.1) is 7.11 Å². The van der Waals surface area contributed by atoms with Gasteiger partial charge in [0.15, 0.2) is 18.1 Å². The Morgan fingerprint density at radius 3 is 2.38 bits per heavy atom. The minimum atomic E-state index is -0.0762. The maximum Gasteiger partial charge on any atom is 0.260 e. The molecule has 3 N–H and O–H groups in total. The second kappa shape index (κ2) is 9.07. The lowest BCUT2D eigenvalue weighted by Gasteiger charge is -2.19. The van der Waals surface area contributed by atoms with Gasteiger partial charge in [-0.15, -0.1) is 12.4 Å². The summed E-state index contributed by atoms with van der Waals surface area (Å²) in [5.41, 5.74) is 5.96. The molecule has 1 rings (SSSR count). The molecule has 0 aromatic heterocycles. The van der Waals surface area contributed by atoms with Gasteiger partial charge in [-0.3, -0.25) is 10.2 Å². The second-order valence-corrected chi connectivity index (χ2v) is 4.13. The van der Waals surface area contributed by atoms with Crippen LogP contribution in [-0.4, -0.2) is 43.4 Å². The number of nitrogen functional groups attached to an aromatic ring is 1. The minimum Gasteiger partial charge on any atom is -0.493 e. The van der Waals surface area contributed by atoms with Crippen LogP contribution in [0.1, 0.15) is 19.4 Å². The standard InChI is InChI=1S/C14H21N3O3.ClH/c1-4-17(5-2)13(18)9-20-11-7-6-10(14(15)16)8-12(11)19-3;/h6-8H,4-5,9H2,1-3H3,(H3,15,16);1H. The zero-order valence-electron chi connectivity index (χ0n) is 12.5. The van der Waals surface area contributed by atoms with Crippen LogP contribution < -0.4 is 15.2 Å². The monoisotopic (exact) mass is 315 g/mol. The molecule has 0 atom stereocenters. The van der Waals surface area contributed by atoms with E-state index in [1.807, 2.05) is 13.8 Å². The number of hydrogen-bond donors (Lipinski definition) is 2. The van der Waals surface area contributed by atoms with Gasteiger partial charge >= 0.3 is 0 Å². The molecule has 6 nitrogen and oxygen atoms in total. The number of carbonyl (C=O) groups excluding carboxylic acids is 1. The third kappa shape index (κ3) is 5.15. The molecular weight excluding hydrogens is 294 g/mol. The van der Waals surface area contributed by atoms with E-state index in [1.54, 1.807) is 23.1 Å². The summed E-state index contributed by atoms with van der Waals surface area (Å²) in [6.45, 7) is 5.10. The van der Waals surface area contributed by atoms with Crippen molar-refractivity contribution in [2.75, 3.05) is 26.8 Å². The molecule has 118 valence electrons. The Labute approximate surface area is 131 Å². The van der Waals surface area contributed by atoms with Crippen LogP contribution in [0.3, 0.4) is 0 Å². The van der Waals surface area contributed by atoms with Crippen LogP contribution in [-0.2, 0) is 4.79 Å². The third-order valence-corrected chi connectivity index (χ3v) is 2.94. The van der Waals surface area contributed by atoms with Crippen molar-refractivity contribution in [3.05, 3.63) is 23.8 Å². The predicted octanol–water partition coefficient (Wildman–Crippen LogP) is 1.65. The maximum absolute atomic E-state index is 11.9. The Morgan fingerprint density at radius 2 is 1.90 bits per heavy atom. The number of halogens is 1. The quantitative estimate of drug-likeness (QED) is 0.591. The summed E-state index contributed by atoms with van der Waals surface area (Å²) in [6, 6.07) is 4.91. The zero-order valence-corrected chi connectivity index (χ0v) is 13.3. The Morgan fingerprint density at radius 1 is 1.29 bits per heavy atom. The Bertz CT molecular complexity index is 490. The van der Waals surface area contributed by atoms with Gasteiger partial charge in [0.2, 0.25) is 0 Å². The van der Waals surface area contributed by atoms with Gasteiger partial charge in [0.1, 0.15) is 5.84 Å². The summed E-state index contributed by atoms with van der Waals surface area (Å²) in [6.07, 6.45) is 0. The van der Waals surface area contributed by atoms with Crippen LogP contribution in [0.5, 0.6) is 11.5 Å². The van der Waals surface area contributed by atoms with E-state index in [0.717, 1.165) is 0 Å². The lowest BCUT2D eigenvalue weighted by molar-refractivity contribution is -0.132. The molecular formula is C14H22ClN3O3. The Kier molecular flexibility index (Phi) is 8.23. The van der Waals surface area contributed by atoms with E-state index in [2.05, 4.69) is 0 Å². The summed E-state index contributed by atoms with van der Waals surface area (Å²) < 4.78 is 10.7. The van der Waals surface area contributed by atoms with Gasteiger partial charge in [0, 0.05) is 18.7 Å². The number of nitrogens with two attached hydrogens (primary N) is 1. The molecule has 1 aromatic carbocycles. The first kappa shape index (κ1) is 19.1. The average Bonchev–Trinajstić information content (AvgIpc) is 2.45. The average molecular weight is 316 g/mol. The van der Waals surface area contributed by atoms with Gasteiger partial charge in [-0.1, -0.05) is 0 Å². The van der Waals surface area contributed by atoms with Crippen LogP contribution in [0.15, 0.2) is 18.2 Å². The summed E-state index contributed by atoms with van der Waals surface area (Å²) >= 11 is 0. The fourth-order valence-electron chi connectivity index (χ4n) is 1.76. The fraction of sp³-hybridized carbons (Fsp3) is 0.429. The number of hydrogen-bond acceptors (Lipinski definition) is 4. The van der Waals surface area contributed by atoms with E-state index in [4.69, 9.17) is 20.6 Å². The molecule has 0 aliphatic heterocycles. The van der Waals surface area contributed by atoms with Gasteiger partial charge in [-0.25, -0.2) is 0 Å². The molecule has 0 heterocycles. The Balaban J connectivity index is 0.00000400. The molecule has 0 unspecified atom stereocenters. The number of amidine groups is 1. The van der Waals surface area contributed by atoms with Crippen LogP contribution in [0.4, 0.5) is 0 Å². The van der Waals surface area contributed by atoms with Crippen molar-refractivity contribution in [3.63, 3.8) is 0 Å². The number of nitrogens with zero attached hydrogens (tertiary/aromatic N) is 1. The van der Waals surface area contributed by atoms with Crippen LogP contribution in [0.25, 0.3) is 0 Å². The molecule has 0 bridgehead atoms. The zero-order chi connectivity index (χ0) is 15.1. The summed E-state index contributed by atoms with van der Waals surface area (Å²) in [7, 11) is 1.50. The van der Waals surface area contributed by atoms with Gasteiger partial charge in [0.25, 0.3) is 5.91 Å². The number of likely N-dealkylation sites (N-methyl/N-ethyl adjacent to an activating group) is 1. The highest BCUT2D eigenvalue weighted by molar-refractivity contribution is 5.95. The van der Waals surface area contributed by atoms with Crippen LogP contribution in [0, 0.1) is 5.41 Å². The molecule has 0 saturated carbocycles. The second-order valence-electron chi connectivity index (χ2n) is 4.13. The molecule has 0 fully saturated rings. The maximum atomic E-state index is 11.9. The third-order valence-electron chi connectivity index (χ3n) is 2.94. The molecule has 0 saturated heterocycles. The van der Waals surface area contributed by atoms with Crippen molar-refractivity contribution in [1.29, 1.82) is 5.41 Å². The van der Waals surface area contributed by atoms with Gasteiger partial charge < -0.3 is 20.1 Å². The van der Waals surface area contributed by atoms with E-state index in [-0.39, 0.29) is 30.8 Å². The highest BCUT2D eigenvalue weighted by atomic mass is 35.5. The molecule has 0 aliphatic carbocycles. The van der Waals surface area contributed by atoms with E-state index < -0.39 is 0 Å². The highest BCUT2D eigenvalue weighted by Gasteiger charge is 2.13. The van der Waals surface area contributed by atoms with Crippen LogP contribution in [0.2, 0.25) is 0 Å².